The molecule has 0 radical (unpaired) electrons. The second-order valence-corrected chi connectivity index (χ2v) is 5.78. The fourth-order valence-electron chi connectivity index (χ4n) is 3.43. The van der Waals surface area contributed by atoms with E-state index < -0.39 is 0 Å². The summed E-state index contributed by atoms with van der Waals surface area (Å²) in [4.78, 5) is 4.50. The minimum atomic E-state index is 1.03. The summed E-state index contributed by atoms with van der Waals surface area (Å²) in [5.41, 5.74) is 8.90. The van der Waals surface area contributed by atoms with Crippen LogP contribution in [0.1, 0.15) is 11.1 Å². The predicted octanol–water partition coefficient (Wildman–Crippen LogP) is 4.60. The molecule has 1 aliphatic carbocycles. The quantitative estimate of drug-likeness (QED) is 0.439. The molecule has 0 atom stereocenters. The van der Waals surface area contributed by atoms with Crippen molar-refractivity contribution in [3.8, 4) is 16.8 Å². The molecule has 0 fully saturated rings. The summed E-state index contributed by atoms with van der Waals surface area (Å²) in [6, 6.07) is 23.7. The van der Waals surface area contributed by atoms with Crippen molar-refractivity contribution >= 4 is 11.0 Å². The molecular weight excluding hydrogens is 268 g/mol. The van der Waals surface area contributed by atoms with E-state index >= 15 is 0 Å². The molecule has 0 unspecified atom stereocenters. The van der Waals surface area contributed by atoms with Gasteiger partial charge in [0.15, 0.2) is 0 Å². The van der Waals surface area contributed by atoms with Crippen molar-refractivity contribution in [2.75, 3.05) is 0 Å². The van der Waals surface area contributed by atoms with Crippen molar-refractivity contribution < 1.29 is 0 Å². The number of para-hydroxylation sites is 2. The Balaban J connectivity index is 1.73. The molecule has 1 aromatic heterocycles. The van der Waals surface area contributed by atoms with Crippen LogP contribution in [0.3, 0.4) is 0 Å². The standard InChI is InChI=1S/C20H14N2/c1-2-6-17-14(5-1)11-15-9-10-16(12-18(15)17)22-13-21-19-7-3-4-8-20(19)22/h1-10,12-13H,11H2. The molecule has 0 amide bonds. The van der Waals surface area contributed by atoms with Crippen LogP contribution in [0.2, 0.25) is 0 Å². The zero-order valence-corrected chi connectivity index (χ0v) is 12.0. The second kappa shape index (κ2) is 4.31. The molecule has 0 saturated heterocycles. The van der Waals surface area contributed by atoms with Gasteiger partial charge < -0.3 is 0 Å². The van der Waals surface area contributed by atoms with E-state index in [1.165, 1.54) is 27.9 Å². The number of rotatable bonds is 1. The Hall–Kier alpha value is -2.87. The Kier molecular flexibility index (Phi) is 2.30. The highest BCUT2D eigenvalue weighted by molar-refractivity contribution is 5.81. The van der Waals surface area contributed by atoms with Crippen molar-refractivity contribution in [3.63, 3.8) is 0 Å². The molecule has 1 aliphatic rings. The molecule has 0 spiro atoms. The van der Waals surface area contributed by atoms with Crippen LogP contribution in [0.5, 0.6) is 0 Å². The topological polar surface area (TPSA) is 17.8 Å². The van der Waals surface area contributed by atoms with Crippen LogP contribution in [0.4, 0.5) is 0 Å². The van der Waals surface area contributed by atoms with Crippen molar-refractivity contribution in [2.24, 2.45) is 0 Å². The van der Waals surface area contributed by atoms with Crippen LogP contribution in [-0.2, 0) is 6.42 Å². The first-order chi connectivity index (χ1) is 10.9. The van der Waals surface area contributed by atoms with E-state index in [4.69, 9.17) is 0 Å². The summed E-state index contributed by atoms with van der Waals surface area (Å²) >= 11 is 0. The normalized spacial score (nSPS) is 12.4. The molecule has 1 heterocycles. The third-order valence-corrected chi connectivity index (χ3v) is 4.51. The third-order valence-electron chi connectivity index (χ3n) is 4.51. The van der Waals surface area contributed by atoms with Gasteiger partial charge in [0.25, 0.3) is 0 Å². The van der Waals surface area contributed by atoms with Crippen LogP contribution in [0.15, 0.2) is 73.1 Å². The van der Waals surface area contributed by atoms with Crippen molar-refractivity contribution in [1.82, 2.24) is 9.55 Å². The van der Waals surface area contributed by atoms with E-state index in [2.05, 4.69) is 70.2 Å². The maximum absolute atomic E-state index is 4.50. The zero-order valence-electron chi connectivity index (χ0n) is 12.0. The van der Waals surface area contributed by atoms with Gasteiger partial charge >= 0.3 is 0 Å². The maximum atomic E-state index is 4.50. The molecule has 2 heteroatoms. The largest absolute Gasteiger partial charge is 0.299 e. The van der Waals surface area contributed by atoms with E-state index in [9.17, 15) is 0 Å². The van der Waals surface area contributed by atoms with Gasteiger partial charge in [0.05, 0.1) is 11.0 Å². The van der Waals surface area contributed by atoms with E-state index in [-0.39, 0.29) is 0 Å². The Morgan fingerprint density at radius 1 is 0.773 bits per heavy atom. The first kappa shape index (κ1) is 11.8. The Bertz CT molecular complexity index is 1010. The number of hydrogen-bond donors (Lipinski definition) is 0. The number of benzene rings is 3. The van der Waals surface area contributed by atoms with Crippen LogP contribution < -0.4 is 0 Å². The minimum absolute atomic E-state index is 1.03. The lowest BCUT2D eigenvalue weighted by Gasteiger charge is -2.08. The molecule has 2 nitrogen and oxygen atoms in total. The van der Waals surface area contributed by atoms with Crippen LogP contribution in [0.25, 0.3) is 27.8 Å². The summed E-state index contributed by atoms with van der Waals surface area (Å²) < 4.78 is 2.16. The molecule has 0 saturated carbocycles. The second-order valence-electron chi connectivity index (χ2n) is 5.78. The van der Waals surface area contributed by atoms with Gasteiger partial charge in [0, 0.05) is 5.69 Å². The van der Waals surface area contributed by atoms with Gasteiger partial charge in [-0.25, -0.2) is 4.98 Å². The van der Waals surface area contributed by atoms with Crippen molar-refractivity contribution in [3.05, 3.63) is 84.2 Å². The Morgan fingerprint density at radius 2 is 1.59 bits per heavy atom. The number of aromatic nitrogens is 2. The van der Waals surface area contributed by atoms with Crippen molar-refractivity contribution in [2.45, 2.75) is 6.42 Å². The van der Waals surface area contributed by atoms with E-state index in [1.807, 2.05) is 12.4 Å². The lowest BCUT2D eigenvalue weighted by atomic mass is 10.1. The summed E-state index contributed by atoms with van der Waals surface area (Å²) in [7, 11) is 0. The van der Waals surface area contributed by atoms with E-state index in [0.29, 0.717) is 0 Å². The zero-order chi connectivity index (χ0) is 14.5. The van der Waals surface area contributed by atoms with E-state index in [1.54, 1.807) is 0 Å². The van der Waals surface area contributed by atoms with Gasteiger partial charge in [-0.15, -0.1) is 0 Å². The van der Waals surface area contributed by atoms with Crippen LogP contribution in [0, 0.1) is 0 Å². The number of fused-ring (bicyclic) bond motifs is 4. The highest BCUT2D eigenvalue weighted by Gasteiger charge is 2.18. The van der Waals surface area contributed by atoms with Gasteiger partial charge in [-0.2, -0.15) is 0 Å². The molecule has 0 bridgehead atoms. The smallest absolute Gasteiger partial charge is 0.100 e. The molecule has 0 N–H and O–H groups in total. The van der Waals surface area contributed by atoms with Crippen LogP contribution in [-0.4, -0.2) is 9.55 Å². The Morgan fingerprint density at radius 3 is 2.59 bits per heavy atom. The minimum Gasteiger partial charge on any atom is -0.299 e. The molecule has 0 aliphatic heterocycles. The van der Waals surface area contributed by atoms with E-state index in [0.717, 1.165) is 17.5 Å². The fraction of sp³-hybridized carbons (Fsp3) is 0.0500. The molecule has 3 aromatic carbocycles. The first-order valence-electron chi connectivity index (χ1n) is 7.54. The molecule has 4 aromatic rings. The highest BCUT2D eigenvalue weighted by atomic mass is 15.0. The van der Waals surface area contributed by atoms with Crippen molar-refractivity contribution in [1.29, 1.82) is 0 Å². The van der Waals surface area contributed by atoms with Crippen LogP contribution >= 0.6 is 0 Å². The molecule has 104 valence electrons. The Labute approximate surface area is 128 Å². The first-order valence-corrected chi connectivity index (χ1v) is 7.54. The molecule has 5 rings (SSSR count). The SMILES string of the molecule is c1ccc2c(c1)Cc1ccc(-n3cnc4ccccc43)cc1-2. The fourth-order valence-corrected chi connectivity index (χ4v) is 3.43. The third kappa shape index (κ3) is 1.58. The average Bonchev–Trinajstić information content (AvgIpc) is 3.15. The maximum Gasteiger partial charge on any atom is 0.100 e. The molecular formula is C20H14N2. The number of hydrogen-bond acceptors (Lipinski definition) is 1. The van der Waals surface area contributed by atoms with Gasteiger partial charge in [-0.1, -0.05) is 42.5 Å². The summed E-state index contributed by atoms with van der Waals surface area (Å²) in [6.07, 6.45) is 2.95. The summed E-state index contributed by atoms with van der Waals surface area (Å²) in [5, 5.41) is 0. The van der Waals surface area contributed by atoms with Gasteiger partial charge in [-0.3, -0.25) is 4.57 Å². The number of imidazole rings is 1. The monoisotopic (exact) mass is 282 g/mol. The lowest BCUT2D eigenvalue weighted by molar-refractivity contribution is 1.09. The summed E-state index contributed by atoms with van der Waals surface area (Å²) in [5.74, 6) is 0. The molecule has 22 heavy (non-hydrogen) atoms. The average molecular weight is 282 g/mol. The van der Waals surface area contributed by atoms with Gasteiger partial charge in [-0.05, 0) is 52.9 Å². The number of nitrogens with zero attached hydrogens (tertiary/aromatic N) is 2. The van der Waals surface area contributed by atoms with Gasteiger partial charge in [0.2, 0.25) is 0 Å². The predicted molar refractivity (Wildman–Crippen MR) is 89.3 cm³/mol. The van der Waals surface area contributed by atoms with Gasteiger partial charge in [0.1, 0.15) is 6.33 Å². The lowest BCUT2D eigenvalue weighted by Crippen LogP contribution is -1.93. The summed E-state index contributed by atoms with van der Waals surface area (Å²) in [6.45, 7) is 0. The highest BCUT2D eigenvalue weighted by Crippen LogP contribution is 2.37.